The molecule has 1 atom stereocenters. The molecule has 65 valence electrons. The van der Waals surface area contributed by atoms with Crippen LogP contribution in [0.15, 0.2) is 30.3 Å². The van der Waals surface area contributed by atoms with Crippen molar-refractivity contribution in [2.45, 2.75) is 19.4 Å². The van der Waals surface area contributed by atoms with Crippen LogP contribution in [-0.2, 0) is 5.11 Å². The summed E-state index contributed by atoms with van der Waals surface area (Å²) in [5.41, 5.74) is 0. The van der Waals surface area contributed by atoms with Crippen molar-refractivity contribution >= 4 is 0 Å². The predicted octanol–water partition coefficient (Wildman–Crippen LogP) is 2.27. The molecule has 0 bridgehead atoms. The van der Waals surface area contributed by atoms with E-state index in [4.69, 9.17) is 4.74 Å². The highest BCUT2D eigenvalue weighted by atomic mass is 16.5. The average Bonchev–Trinajstić information content (AvgIpc) is 2.16. The number of benzene rings is 1. The van der Waals surface area contributed by atoms with Gasteiger partial charge in [0.2, 0.25) is 0 Å². The molecule has 0 spiro atoms. The van der Waals surface area contributed by atoms with Crippen molar-refractivity contribution in [3.05, 3.63) is 30.3 Å². The number of hydrogen-bond acceptors (Lipinski definition) is 1. The summed E-state index contributed by atoms with van der Waals surface area (Å²) in [5, 5.41) is 10.5. The van der Waals surface area contributed by atoms with Crippen LogP contribution in [-0.4, -0.2) is 12.7 Å². The summed E-state index contributed by atoms with van der Waals surface area (Å²) < 4.78 is 5.40. The summed E-state index contributed by atoms with van der Waals surface area (Å²) in [6, 6.07) is 9.43. The molecule has 0 heterocycles. The fourth-order valence-corrected chi connectivity index (χ4v) is 0.927. The minimum atomic E-state index is -0.188. The Morgan fingerprint density at radius 2 is 2.00 bits per heavy atom. The molecule has 0 aliphatic carbocycles. The first kappa shape index (κ1) is 9.07. The van der Waals surface area contributed by atoms with Crippen LogP contribution in [0, 0.1) is 0 Å². The Labute approximate surface area is 72.8 Å². The van der Waals surface area contributed by atoms with Crippen molar-refractivity contribution in [3.8, 4) is 5.75 Å². The minimum absolute atomic E-state index is 0.175. The van der Waals surface area contributed by atoms with E-state index < -0.39 is 0 Å². The lowest BCUT2D eigenvalue weighted by molar-refractivity contribution is 0.0696. The van der Waals surface area contributed by atoms with Gasteiger partial charge in [-0.1, -0.05) is 25.1 Å². The first-order chi connectivity index (χ1) is 5.86. The van der Waals surface area contributed by atoms with E-state index in [1.54, 1.807) is 0 Å². The third kappa shape index (κ3) is 2.55. The lowest BCUT2D eigenvalue weighted by atomic mass is 10.3. The third-order valence-corrected chi connectivity index (χ3v) is 1.69. The maximum Gasteiger partial charge on any atom is 0.125 e. The van der Waals surface area contributed by atoms with Gasteiger partial charge >= 0.3 is 0 Å². The molecule has 0 aliphatic heterocycles. The molecule has 1 rings (SSSR count). The topological polar surface area (TPSA) is 29.1 Å². The first-order valence-electron chi connectivity index (χ1n) is 4.16. The van der Waals surface area contributed by atoms with Crippen LogP contribution in [0.4, 0.5) is 0 Å². The Morgan fingerprint density at radius 3 is 2.50 bits per heavy atom. The van der Waals surface area contributed by atoms with E-state index in [-0.39, 0.29) is 12.7 Å². The fraction of sp³-hybridized carbons (Fsp3) is 0.400. The molecule has 1 unspecified atom stereocenters. The monoisotopic (exact) mass is 165 g/mol. The van der Waals surface area contributed by atoms with Crippen LogP contribution in [0.3, 0.4) is 0 Å². The molecule has 1 aromatic rings. The highest BCUT2D eigenvalue weighted by Gasteiger charge is 2.05. The summed E-state index contributed by atoms with van der Waals surface area (Å²) in [4.78, 5) is 0. The van der Waals surface area contributed by atoms with Gasteiger partial charge in [-0.3, -0.25) is 0 Å². The standard InChI is InChI=1S/C10H13O2/c1-2-9(8-11)12-10-6-4-3-5-7-10/h3-7,9H,2,8H2,1H3. The highest BCUT2D eigenvalue weighted by molar-refractivity contribution is 5.21. The number of rotatable bonds is 4. The van der Waals surface area contributed by atoms with Crippen molar-refractivity contribution in [1.29, 1.82) is 0 Å². The normalized spacial score (nSPS) is 12.5. The Bertz CT molecular complexity index is 204. The van der Waals surface area contributed by atoms with Gasteiger partial charge in [0.05, 0.1) is 0 Å². The molecule has 0 fully saturated rings. The van der Waals surface area contributed by atoms with Crippen LogP contribution in [0.2, 0.25) is 0 Å². The molecule has 2 nitrogen and oxygen atoms in total. The second kappa shape index (κ2) is 4.78. The van der Waals surface area contributed by atoms with E-state index in [0.29, 0.717) is 0 Å². The highest BCUT2D eigenvalue weighted by Crippen LogP contribution is 2.11. The maximum absolute atomic E-state index is 10.5. The molecule has 0 aliphatic rings. The molecular weight excluding hydrogens is 152 g/mol. The largest absolute Gasteiger partial charge is 0.488 e. The molecule has 0 N–H and O–H groups in total. The van der Waals surface area contributed by atoms with E-state index in [1.165, 1.54) is 0 Å². The predicted molar refractivity (Wildman–Crippen MR) is 46.7 cm³/mol. The molecule has 12 heavy (non-hydrogen) atoms. The van der Waals surface area contributed by atoms with Crippen molar-refractivity contribution in [1.82, 2.24) is 0 Å². The Morgan fingerprint density at radius 1 is 1.33 bits per heavy atom. The van der Waals surface area contributed by atoms with Gasteiger partial charge in [-0.15, -0.1) is 0 Å². The number of para-hydroxylation sites is 1. The van der Waals surface area contributed by atoms with Gasteiger partial charge in [0.15, 0.2) is 0 Å². The maximum atomic E-state index is 10.5. The Balaban J connectivity index is 2.51. The van der Waals surface area contributed by atoms with Crippen molar-refractivity contribution < 1.29 is 9.84 Å². The molecular formula is C10H13O2. The van der Waals surface area contributed by atoms with Gasteiger partial charge in [-0.05, 0) is 18.6 Å². The smallest absolute Gasteiger partial charge is 0.125 e. The van der Waals surface area contributed by atoms with Gasteiger partial charge in [0, 0.05) is 0 Å². The van der Waals surface area contributed by atoms with Crippen molar-refractivity contribution in [2.75, 3.05) is 6.61 Å². The van der Waals surface area contributed by atoms with Crippen LogP contribution >= 0.6 is 0 Å². The minimum Gasteiger partial charge on any atom is -0.488 e. The van der Waals surface area contributed by atoms with E-state index in [2.05, 4.69) is 0 Å². The van der Waals surface area contributed by atoms with E-state index in [9.17, 15) is 5.11 Å². The van der Waals surface area contributed by atoms with Crippen molar-refractivity contribution in [2.24, 2.45) is 0 Å². The van der Waals surface area contributed by atoms with Gasteiger partial charge in [0.1, 0.15) is 18.5 Å². The Kier molecular flexibility index (Phi) is 3.61. The first-order valence-corrected chi connectivity index (χ1v) is 4.16. The fourth-order valence-electron chi connectivity index (χ4n) is 0.927. The van der Waals surface area contributed by atoms with E-state index in [0.717, 1.165) is 12.2 Å². The summed E-state index contributed by atoms with van der Waals surface area (Å²) in [5.74, 6) is 0.778. The zero-order chi connectivity index (χ0) is 8.81. The summed E-state index contributed by atoms with van der Waals surface area (Å²) in [6.07, 6.45) is 0.575. The lowest BCUT2D eigenvalue weighted by Gasteiger charge is -2.13. The van der Waals surface area contributed by atoms with Crippen LogP contribution < -0.4 is 4.74 Å². The quantitative estimate of drug-likeness (QED) is 0.672. The van der Waals surface area contributed by atoms with Gasteiger partial charge in [0.25, 0.3) is 0 Å². The molecule has 0 amide bonds. The third-order valence-electron chi connectivity index (χ3n) is 1.69. The van der Waals surface area contributed by atoms with E-state index in [1.807, 2.05) is 37.3 Å². The molecule has 0 saturated carbocycles. The van der Waals surface area contributed by atoms with Gasteiger partial charge in [-0.25, -0.2) is 5.11 Å². The van der Waals surface area contributed by atoms with Crippen LogP contribution in [0.1, 0.15) is 13.3 Å². The SMILES string of the molecule is CCC(C[O])Oc1ccccc1. The molecule has 2 heteroatoms. The zero-order valence-corrected chi connectivity index (χ0v) is 7.19. The molecule has 1 aromatic carbocycles. The second-order valence-electron chi connectivity index (χ2n) is 2.63. The second-order valence-corrected chi connectivity index (χ2v) is 2.63. The summed E-state index contributed by atoms with van der Waals surface area (Å²) in [7, 11) is 0. The van der Waals surface area contributed by atoms with Gasteiger partial charge < -0.3 is 4.74 Å². The lowest BCUT2D eigenvalue weighted by Crippen LogP contribution is -2.18. The molecule has 0 saturated heterocycles. The summed E-state index contributed by atoms with van der Waals surface area (Å²) in [6.45, 7) is 1.77. The molecule has 0 aromatic heterocycles. The number of hydrogen-bond donors (Lipinski definition) is 0. The Hall–Kier alpha value is -1.02. The zero-order valence-electron chi connectivity index (χ0n) is 7.19. The summed E-state index contributed by atoms with van der Waals surface area (Å²) >= 11 is 0. The number of ether oxygens (including phenoxy) is 1. The van der Waals surface area contributed by atoms with Crippen LogP contribution in [0.25, 0.3) is 0 Å². The van der Waals surface area contributed by atoms with Crippen molar-refractivity contribution in [3.63, 3.8) is 0 Å². The van der Waals surface area contributed by atoms with Gasteiger partial charge in [-0.2, -0.15) is 0 Å². The van der Waals surface area contributed by atoms with E-state index >= 15 is 0 Å². The molecule has 1 radical (unpaired) electrons. The van der Waals surface area contributed by atoms with Crippen LogP contribution in [0.5, 0.6) is 5.75 Å². The average molecular weight is 165 g/mol.